The molecule has 0 aliphatic carbocycles. The van der Waals surface area contributed by atoms with Crippen molar-refractivity contribution < 1.29 is 17.9 Å². The van der Waals surface area contributed by atoms with Crippen LogP contribution in [0.3, 0.4) is 0 Å². The van der Waals surface area contributed by atoms with E-state index in [1.807, 2.05) is 0 Å². The Morgan fingerprint density at radius 3 is 2.50 bits per heavy atom. The highest BCUT2D eigenvalue weighted by Crippen LogP contribution is 1.87. The Labute approximate surface area is 59.1 Å². The Kier molecular flexibility index (Phi) is 3.31. The van der Waals surface area contributed by atoms with Crippen LogP contribution in [0.15, 0.2) is 0 Å². The number of carbonyl (C=O) groups is 1. The third-order valence-corrected chi connectivity index (χ3v) is 1.63. The molecule has 1 atom stereocenters. The molecule has 0 aromatic rings. The summed E-state index contributed by atoms with van der Waals surface area (Å²) in [5.74, 6) is -0.342. The highest BCUT2D eigenvalue weighted by molar-refractivity contribution is 7.90. The topological polar surface area (TPSA) is 86.5 Å². The molecule has 1 unspecified atom stereocenters. The first kappa shape index (κ1) is 9.38. The van der Waals surface area contributed by atoms with Gasteiger partial charge in [-0.25, -0.2) is 8.42 Å². The Hall–Kier alpha value is -0.620. The zero-order valence-electron chi connectivity index (χ0n) is 5.48. The number of nitrogens with two attached hydrogens (primary N) is 1. The zero-order chi connectivity index (χ0) is 8.20. The first-order chi connectivity index (χ1) is 4.45. The predicted octanol–water partition coefficient (Wildman–Crippen LogP) is -1.51. The quantitative estimate of drug-likeness (QED) is 0.406. The Balaban J connectivity index is 3.80. The van der Waals surface area contributed by atoms with E-state index in [9.17, 15) is 13.2 Å². The highest BCUT2D eigenvalue weighted by Gasteiger charge is 2.10. The van der Waals surface area contributed by atoms with Crippen LogP contribution in [-0.2, 0) is 19.4 Å². The molecule has 0 aromatic heterocycles. The van der Waals surface area contributed by atoms with E-state index in [1.54, 1.807) is 0 Å². The molecule has 0 amide bonds. The molecular formula is C4H9NO4S. The molecule has 5 nitrogen and oxygen atoms in total. The van der Waals surface area contributed by atoms with Gasteiger partial charge in [0.05, 0.1) is 0 Å². The van der Waals surface area contributed by atoms with Crippen LogP contribution < -0.4 is 5.73 Å². The van der Waals surface area contributed by atoms with E-state index < -0.39 is 16.1 Å². The maximum Gasteiger partial charge on any atom is 0.294 e. The largest absolute Gasteiger partial charge is 0.448 e. The molecule has 0 aliphatic heterocycles. The minimum atomic E-state index is -3.15. The fourth-order valence-electron chi connectivity index (χ4n) is 0.409. The molecule has 0 aliphatic rings. The van der Waals surface area contributed by atoms with Gasteiger partial charge in [-0.15, -0.1) is 0 Å². The normalized spacial score (nSPS) is 14.2. The van der Waals surface area contributed by atoms with Crippen molar-refractivity contribution in [3.05, 3.63) is 0 Å². The van der Waals surface area contributed by atoms with Crippen molar-refractivity contribution in [2.45, 2.75) is 6.23 Å². The second-order valence-electron chi connectivity index (χ2n) is 1.86. The lowest BCUT2D eigenvalue weighted by Crippen LogP contribution is -2.31. The SMILES string of the molecule is CS(=O)(=O)CC(N)OC=O. The third kappa shape index (κ3) is 5.52. The van der Waals surface area contributed by atoms with Crippen molar-refractivity contribution in [1.82, 2.24) is 0 Å². The van der Waals surface area contributed by atoms with Crippen LogP contribution in [0.25, 0.3) is 0 Å². The number of rotatable bonds is 4. The fourth-order valence-corrected chi connectivity index (χ4v) is 1.08. The van der Waals surface area contributed by atoms with E-state index in [0.29, 0.717) is 0 Å². The maximum absolute atomic E-state index is 10.4. The van der Waals surface area contributed by atoms with Crippen molar-refractivity contribution >= 4 is 16.3 Å². The molecule has 0 spiro atoms. The van der Waals surface area contributed by atoms with Crippen molar-refractivity contribution in [2.75, 3.05) is 12.0 Å². The first-order valence-corrected chi connectivity index (χ1v) is 4.54. The molecule has 0 radical (unpaired) electrons. The van der Waals surface area contributed by atoms with Gasteiger partial charge in [0.25, 0.3) is 6.47 Å². The van der Waals surface area contributed by atoms with E-state index >= 15 is 0 Å². The molecule has 60 valence electrons. The molecule has 10 heavy (non-hydrogen) atoms. The van der Waals surface area contributed by atoms with Crippen molar-refractivity contribution in [2.24, 2.45) is 5.73 Å². The Morgan fingerprint density at radius 2 is 2.20 bits per heavy atom. The van der Waals surface area contributed by atoms with E-state index in [-0.39, 0.29) is 12.2 Å². The van der Waals surface area contributed by atoms with Crippen LogP contribution in [0.5, 0.6) is 0 Å². The molecule has 0 saturated heterocycles. The molecule has 6 heteroatoms. The number of ether oxygens (including phenoxy) is 1. The van der Waals surface area contributed by atoms with Gasteiger partial charge in [0.1, 0.15) is 5.75 Å². The summed E-state index contributed by atoms with van der Waals surface area (Å²) in [5.41, 5.74) is 5.04. The average molecular weight is 167 g/mol. The number of carbonyl (C=O) groups excluding carboxylic acids is 1. The van der Waals surface area contributed by atoms with Crippen molar-refractivity contribution in [3.8, 4) is 0 Å². The summed E-state index contributed by atoms with van der Waals surface area (Å²) in [6.45, 7) is 0.121. The third-order valence-electron chi connectivity index (χ3n) is 0.697. The van der Waals surface area contributed by atoms with E-state index in [1.165, 1.54) is 0 Å². The van der Waals surface area contributed by atoms with E-state index in [4.69, 9.17) is 5.73 Å². The number of hydrogen-bond donors (Lipinski definition) is 1. The van der Waals surface area contributed by atoms with Crippen molar-refractivity contribution in [1.29, 1.82) is 0 Å². The Morgan fingerprint density at radius 1 is 1.70 bits per heavy atom. The zero-order valence-corrected chi connectivity index (χ0v) is 6.30. The molecule has 0 bridgehead atoms. The summed E-state index contributed by atoms with van der Waals surface area (Å²) in [7, 11) is -3.15. The highest BCUT2D eigenvalue weighted by atomic mass is 32.2. The summed E-state index contributed by atoms with van der Waals surface area (Å²) in [4.78, 5) is 9.60. The lowest BCUT2D eigenvalue weighted by Gasteiger charge is -2.05. The summed E-state index contributed by atoms with van der Waals surface area (Å²) in [6.07, 6.45) is -0.0337. The lowest BCUT2D eigenvalue weighted by molar-refractivity contribution is -0.132. The molecule has 0 fully saturated rings. The van der Waals surface area contributed by atoms with Crippen LogP contribution in [0.1, 0.15) is 0 Å². The number of hydrogen-bond acceptors (Lipinski definition) is 5. The van der Waals surface area contributed by atoms with Crippen LogP contribution in [0.2, 0.25) is 0 Å². The van der Waals surface area contributed by atoms with E-state index in [0.717, 1.165) is 6.26 Å². The average Bonchev–Trinajstić information content (AvgIpc) is 1.59. The minimum absolute atomic E-state index is 0.121. The van der Waals surface area contributed by atoms with Gasteiger partial charge in [-0.2, -0.15) is 0 Å². The van der Waals surface area contributed by atoms with Gasteiger partial charge < -0.3 is 4.74 Å². The minimum Gasteiger partial charge on any atom is -0.448 e. The van der Waals surface area contributed by atoms with Crippen LogP contribution in [0, 0.1) is 0 Å². The predicted molar refractivity (Wildman–Crippen MR) is 34.8 cm³/mol. The van der Waals surface area contributed by atoms with Gasteiger partial charge >= 0.3 is 0 Å². The van der Waals surface area contributed by atoms with Crippen molar-refractivity contribution in [3.63, 3.8) is 0 Å². The lowest BCUT2D eigenvalue weighted by atomic mass is 10.7. The van der Waals surface area contributed by atoms with E-state index in [2.05, 4.69) is 4.74 Å². The number of sulfone groups is 1. The summed E-state index contributed by atoms with van der Waals surface area (Å²) in [6, 6.07) is 0. The van der Waals surface area contributed by atoms with Gasteiger partial charge in [0, 0.05) is 6.26 Å². The smallest absolute Gasteiger partial charge is 0.294 e. The van der Waals surface area contributed by atoms with Gasteiger partial charge in [-0.1, -0.05) is 0 Å². The monoisotopic (exact) mass is 167 g/mol. The maximum atomic E-state index is 10.4. The molecular weight excluding hydrogens is 158 g/mol. The van der Waals surface area contributed by atoms with Crippen LogP contribution in [-0.4, -0.2) is 33.1 Å². The summed E-state index contributed by atoms with van der Waals surface area (Å²) in [5, 5.41) is 0. The molecule has 0 saturated carbocycles. The Bertz CT molecular complexity index is 197. The standard InChI is InChI=1S/C4H9NO4S/c1-10(7,8)2-4(5)9-3-6/h3-4H,2,5H2,1H3. The second kappa shape index (κ2) is 3.52. The summed E-state index contributed by atoms with van der Waals surface area (Å²) < 4.78 is 25.0. The molecule has 0 rings (SSSR count). The van der Waals surface area contributed by atoms with Gasteiger partial charge in [-0.05, 0) is 0 Å². The fraction of sp³-hybridized carbons (Fsp3) is 0.750. The van der Waals surface area contributed by atoms with Gasteiger partial charge in [0.2, 0.25) is 0 Å². The molecule has 2 N–H and O–H groups in total. The second-order valence-corrected chi connectivity index (χ2v) is 4.05. The van der Waals surface area contributed by atoms with Crippen LogP contribution >= 0.6 is 0 Å². The molecule has 0 aromatic carbocycles. The molecule has 0 heterocycles. The van der Waals surface area contributed by atoms with Crippen LogP contribution in [0.4, 0.5) is 0 Å². The van der Waals surface area contributed by atoms with Gasteiger partial charge in [0.15, 0.2) is 16.1 Å². The summed E-state index contributed by atoms with van der Waals surface area (Å²) >= 11 is 0. The van der Waals surface area contributed by atoms with Gasteiger partial charge in [-0.3, -0.25) is 10.5 Å². The first-order valence-electron chi connectivity index (χ1n) is 2.48.